The third-order valence-electron chi connectivity index (χ3n) is 2.58. The molecule has 0 saturated heterocycles. The van der Waals surface area contributed by atoms with E-state index < -0.39 is 0 Å². The van der Waals surface area contributed by atoms with Gasteiger partial charge in [0.2, 0.25) is 0 Å². The lowest BCUT2D eigenvalue weighted by molar-refractivity contribution is 1.12. The fraction of sp³-hybridized carbons (Fsp3) is 0.167. The molecule has 0 amide bonds. The highest BCUT2D eigenvalue weighted by Gasteiger charge is 2.12. The van der Waals surface area contributed by atoms with E-state index in [0.717, 1.165) is 0 Å². The molecule has 70 valence electrons. The van der Waals surface area contributed by atoms with E-state index in [1.165, 1.54) is 27.8 Å². The monoisotopic (exact) mass is 218 g/mol. The van der Waals surface area contributed by atoms with Crippen LogP contribution in [0.4, 0.5) is 0 Å². The second kappa shape index (κ2) is 3.52. The molecule has 0 nitrogen and oxygen atoms in total. The molecular formula is C12H10S2. The van der Waals surface area contributed by atoms with Gasteiger partial charge >= 0.3 is 0 Å². The molecule has 2 aromatic rings. The SMILES string of the molecule is c1ccc2c3c(ccc2c1)SSCC3. The highest BCUT2D eigenvalue weighted by Crippen LogP contribution is 2.41. The van der Waals surface area contributed by atoms with E-state index in [2.05, 4.69) is 36.4 Å². The molecule has 3 rings (SSSR count). The fourth-order valence-electron chi connectivity index (χ4n) is 1.90. The standard InChI is InChI=1S/C12H10S2/c1-2-4-10-9(3-1)5-6-12-11(10)7-8-13-14-12/h1-6H,7-8H2. The van der Waals surface area contributed by atoms with Crippen LogP contribution in [0.25, 0.3) is 10.8 Å². The van der Waals surface area contributed by atoms with Gasteiger partial charge < -0.3 is 0 Å². The molecular weight excluding hydrogens is 208 g/mol. The van der Waals surface area contributed by atoms with E-state index in [-0.39, 0.29) is 0 Å². The summed E-state index contributed by atoms with van der Waals surface area (Å²) in [5, 5.41) is 2.82. The van der Waals surface area contributed by atoms with Crippen molar-refractivity contribution in [2.75, 3.05) is 5.75 Å². The predicted molar refractivity (Wildman–Crippen MR) is 66.0 cm³/mol. The van der Waals surface area contributed by atoms with Gasteiger partial charge in [-0.25, -0.2) is 0 Å². The maximum atomic E-state index is 2.26. The lowest BCUT2D eigenvalue weighted by atomic mass is 10.0. The summed E-state index contributed by atoms with van der Waals surface area (Å²) in [5.41, 5.74) is 1.55. The Morgan fingerprint density at radius 3 is 2.93 bits per heavy atom. The maximum Gasteiger partial charge on any atom is 0.0221 e. The number of hydrogen-bond acceptors (Lipinski definition) is 2. The molecule has 0 atom stereocenters. The minimum atomic E-state index is 1.22. The van der Waals surface area contributed by atoms with Crippen LogP contribution in [-0.2, 0) is 6.42 Å². The van der Waals surface area contributed by atoms with E-state index >= 15 is 0 Å². The lowest BCUT2D eigenvalue weighted by Crippen LogP contribution is -1.96. The highest BCUT2D eigenvalue weighted by molar-refractivity contribution is 8.76. The average Bonchev–Trinajstić information content (AvgIpc) is 2.29. The molecule has 1 heterocycles. The molecule has 0 radical (unpaired) electrons. The summed E-state index contributed by atoms with van der Waals surface area (Å²) in [4.78, 5) is 1.46. The smallest absolute Gasteiger partial charge is 0.0221 e. The largest absolute Gasteiger partial charge is 0.0886 e. The van der Waals surface area contributed by atoms with Crippen LogP contribution in [0.15, 0.2) is 41.3 Å². The maximum absolute atomic E-state index is 2.26. The molecule has 1 aliphatic heterocycles. The first kappa shape index (κ1) is 8.69. The summed E-state index contributed by atoms with van der Waals surface area (Å²) in [7, 11) is 3.88. The lowest BCUT2D eigenvalue weighted by Gasteiger charge is -2.16. The van der Waals surface area contributed by atoms with Gasteiger partial charge in [-0.15, -0.1) is 0 Å². The van der Waals surface area contributed by atoms with Gasteiger partial charge in [0, 0.05) is 10.6 Å². The van der Waals surface area contributed by atoms with Gasteiger partial charge in [-0.2, -0.15) is 0 Å². The van der Waals surface area contributed by atoms with Gasteiger partial charge in [0.25, 0.3) is 0 Å². The van der Waals surface area contributed by atoms with Gasteiger partial charge in [-0.3, -0.25) is 0 Å². The van der Waals surface area contributed by atoms with Crippen LogP contribution in [0.5, 0.6) is 0 Å². The normalized spacial score (nSPS) is 15.4. The topological polar surface area (TPSA) is 0 Å². The number of aryl methyl sites for hydroxylation is 1. The minimum absolute atomic E-state index is 1.22. The second-order valence-corrected chi connectivity index (χ2v) is 5.88. The summed E-state index contributed by atoms with van der Waals surface area (Å²) < 4.78 is 0. The molecule has 0 fully saturated rings. The number of fused-ring (bicyclic) bond motifs is 3. The van der Waals surface area contributed by atoms with Crippen molar-refractivity contribution in [3.8, 4) is 0 Å². The summed E-state index contributed by atoms with van der Waals surface area (Å²) in [5.74, 6) is 1.24. The van der Waals surface area contributed by atoms with Gasteiger partial charge in [0.1, 0.15) is 0 Å². The Bertz CT molecular complexity index is 477. The van der Waals surface area contributed by atoms with Gasteiger partial charge in [-0.1, -0.05) is 51.9 Å². The molecule has 0 aliphatic carbocycles. The Labute approximate surface area is 91.5 Å². The number of hydrogen-bond donors (Lipinski definition) is 0. The Hall–Kier alpha value is -0.600. The summed E-state index contributed by atoms with van der Waals surface area (Å²) in [6, 6.07) is 13.2. The van der Waals surface area contributed by atoms with Crippen LogP contribution in [0.1, 0.15) is 5.56 Å². The Morgan fingerprint density at radius 2 is 1.93 bits per heavy atom. The van der Waals surface area contributed by atoms with Crippen molar-refractivity contribution in [1.82, 2.24) is 0 Å². The molecule has 2 heteroatoms. The van der Waals surface area contributed by atoms with E-state index in [9.17, 15) is 0 Å². The van der Waals surface area contributed by atoms with Crippen LogP contribution >= 0.6 is 21.6 Å². The first-order valence-electron chi connectivity index (χ1n) is 4.75. The number of rotatable bonds is 0. The molecule has 14 heavy (non-hydrogen) atoms. The van der Waals surface area contributed by atoms with Crippen molar-refractivity contribution in [2.24, 2.45) is 0 Å². The van der Waals surface area contributed by atoms with E-state index in [0.29, 0.717) is 0 Å². The van der Waals surface area contributed by atoms with Crippen molar-refractivity contribution in [2.45, 2.75) is 11.3 Å². The minimum Gasteiger partial charge on any atom is -0.0886 e. The van der Waals surface area contributed by atoms with Crippen LogP contribution < -0.4 is 0 Å². The first-order chi connectivity index (χ1) is 6.95. The second-order valence-electron chi connectivity index (χ2n) is 3.42. The Kier molecular flexibility index (Phi) is 2.18. The molecule has 0 bridgehead atoms. The van der Waals surface area contributed by atoms with Gasteiger partial charge in [0.05, 0.1) is 0 Å². The van der Waals surface area contributed by atoms with Crippen molar-refractivity contribution in [3.05, 3.63) is 42.0 Å². The van der Waals surface area contributed by atoms with E-state index in [4.69, 9.17) is 0 Å². The first-order valence-corrected chi connectivity index (χ1v) is 7.07. The molecule has 2 aromatic carbocycles. The molecule has 1 aliphatic rings. The van der Waals surface area contributed by atoms with Crippen molar-refractivity contribution in [3.63, 3.8) is 0 Å². The quantitative estimate of drug-likeness (QED) is 0.610. The molecule has 0 unspecified atom stereocenters. The summed E-state index contributed by atoms with van der Waals surface area (Å²) in [6.07, 6.45) is 1.22. The zero-order valence-corrected chi connectivity index (χ0v) is 9.33. The third kappa shape index (κ3) is 1.33. The predicted octanol–water partition coefficient (Wildman–Crippen LogP) is 4.14. The summed E-state index contributed by atoms with van der Waals surface area (Å²) >= 11 is 0. The van der Waals surface area contributed by atoms with Crippen LogP contribution in [0.3, 0.4) is 0 Å². The van der Waals surface area contributed by atoms with Crippen LogP contribution in [0.2, 0.25) is 0 Å². The Morgan fingerprint density at radius 1 is 1.00 bits per heavy atom. The average molecular weight is 218 g/mol. The van der Waals surface area contributed by atoms with Crippen LogP contribution in [0, 0.1) is 0 Å². The molecule has 0 N–H and O–H groups in total. The van der Waals surface area contributed by atoms with E-state index in [1.807, 2.05) is 21.6 Å². The van der Waals surface area contributed by atoms with Crippen molar-refractivity contribution < 1.29 is 0 Å². The van der Waals surface area contributed by atoms with Crippen molar-refractivity contribution >= 4 is 32.4 Å². The van der Waals surface area contributed by atoms with Crippen LogP contribution in [-0.4, -0.2) is 5.75 Å². The van der Waals surface area contributed by atoms with Crippen molar-refractivity contribution in [1.29, 1.82) is 0 Å². The zero-order valence-electron chi connectivity index (χ0n) is 7.69. The third-order valence-corrected chi connectivity index (χ3v) is 5.02. The molecule has 0 aromatic heterocycles. The molecule has 0 saturated carbocycles. The highest BCUT2D eigenvalue weighted by atomic mass is 33.1. The Balaban J connectivity index is 2.34. The fourth-order valence-corrected chi connectivity index (χ4v) is 4.18. The number of benzene rings is 2. The van der Waals surface area contributed by atoms with Gasteiger partial charge in [-0.05, 0) is 28.8 Å². The summed E-state index contributed by atoms with van der Waals surface area (Å²) in [6.45, 7) is 0. The van der Waals surface area contributed by atoms with Gasteiger partial charge in [0.15, 0.2) is 0 Å². The van der Waals surface area contributed by atoms with E-state index in [1.54, 1.807) is 5.56 Å². The zero-order chi connectivity index (χ0) is 9.38. The molecule has 0 spiro atoms.